The number of pyridine rings is 1. The van der Waals surface area contributed by atoms with Gasteiger partial charge in [0.2, 0.25) is 0 Å². The van der Waals surface area contributed by atoms with E-state index in [1.807, 2.05) is 39.8 Å². The van der Waals surface area contributed by atoms with E-state index in [-0.39, 0.29) is 30.5 Å². The van der Waals surface area contributed by atoms with E-state index in [0.29, 0.717) is 48.3 Å². The number of amides is 1. The van der Waals surface area contributed by atoms with Gasteiger partial charge in [0.05, 0.1) is 40.7 Å². The number of fused-ring (bicyclic) bond motifs is 1. The predicted octanol–water partition coefficient (Wildman–Crippen LogP) is 4.76. The predicted molar refractivity (Wildman–Crippen MR) is 149 cm³/mol. The number of halogens is 2. The van der Waals surface area contributed by atoms with E-state index in [4.69, 9.17) is 22.1 Å². The molecule has 10 heteroatoms. The molecule has 5 heterocycles. The van der Waals surface area contributed by atoms with Gasteiger partial charge in [-0.1, -0.05) is 23.7 Å². The molecule has 3 aliphatic rings. The van der Waals surface area contributed by atoms with E-state index < -0.39 is 0 Å². The average molecular weight is 547 g/mol. The summed E-state index contributed by atoms with van der Waals surface area (Å²) >= 11 is 6.68. The van der Waals surface area contributed by atoms with Crippen molar-refractivity contribution >= 4 is 39.8 Å². The van der Waals surface area contributed by atoms with Crippen molar-refractivity contribution in [1.29, 1.82) is 0 Å². The molecule has 3 aliphatic heterocycles. The van der Waals surface area contributed by atoms with Gasteiger partial charge in [-0.3, -0.25) is 9.78 Å². The number of carbonyl (C=O) groups is 1. The summed E-state index contributed by atoms with van der Waals surface area (Å²) < 4.78 is 22.8. The van der Waals surface area contributed by atoms with Crippen molar-refractivity contribution in [2.45, 2.75) is 31.6 Å². The SMILES string of the molecule is NC1CCCN(C(=O)c2cc3c4c(c2)OCCN4[C@H](c2cc4cccc(Cl)c4n2Cc2ncccc2F)N3)C1. The summed E-state index contributed by atoms with van der Waals surface area (Å²) in [5, 5.41) is 5.17. The Morgan fingerprint density at radius 1 is 1.21 bits per heavy atom. The van der Waals surface area contributed by atoms with Crippen LogP contribution in [0.1, 0.15) is 40.8 Å². The van der Waals surface area contributed by atoms with Crippen LogP contribution in [0.4, 0.5) is 15.8 Å². The minimum absolute atomic E-state index is 0.00223. The molecule has 2 aromatic heterocycles. The van der Waals surface area contributed by atoms with Crippen molar-refractivity contribution < 1.29 is 13.9 Å². The van der Waals surface area contributed by atoms with Crippen LogP contribution in [0.15, 0.2) is 54.7 Å². The molecule has 1 unspecified atom stereocenters. The number of rotatable bonds is 4. The molecule has 1 fully saturated rings. The van der Waals surface area contributed by atoms with E-state index in [0.717, 1.165) is 40.8 Å². The molecule has 2 atom stereocenters. The van der Waals surface area contributed by atoms with Gasteiger partial charge in [0.15, 0.2) is 0 Å². The highest BCUT2D eigenvalue weighted by atomic mass is 35.5. The molecular weight excluding hydrogens is 519 g/mol. The van der Waals surface area contributed by atoms with Gasteiger partial charge in [-0.25, -0.2) is 4.39 Å². The van der Waals surface area contributed by atoms with Crippen LogP contribution in [0.5, 0.6) is 5.75 Å². The highest BCUT2D eigenvalue weighted by molar-refractivity contribution is 6.35. The fourth-order valence-corrected chi connectivity index (χ4v) is 6.37. The number of nitrogens with zero attached hydrogens (tertiary/aromatic N) is 4. The summed E-state index contributed by atoms with van der Waals surface area (Å²) in [5.41, 5.74) is 10.5. The summed E-state index contributed by atoms with van der Waals surface area (Å²) in [7, 11) is 0. The van der Waals surface area contributed by atoms with Crippen molar-refractivity contribution in [1.82, 2.24) is 14.5 Å². The number of anilines is 2. The number of para-hydroxylation sites is 1. The van der Waals surface area contributed by atoms with Gasteiger partial charge in [0, 0.05) is 36.3 Å². The van der Waals surface area contributed by atoms with Crippen LogP contribution in [0.3, 0.4) is 0 Å². The quantitative estimate of drug-likeness (QED) is 0.383. The Morgan fingerprint density at radius 3 is 2.95 bits per heavy atom. The van der Waals surface area contributed by atoms with Crippen LogP contribution in [0.2, 0.25) is 5.02 Å². The smallest absolute Gasteiger partial charge is 0.254 e. The molecule has 0 saturated carbocycles. The van der Waals surface area contributed by atoms with Gasteiger partial charge in [0.1, 0.15) is 30.0 Å². The zero-order valence-electron chi connectivity index (χ0n) is 21.2. The van der Waals surface area contributed by atoms with Gasteiger partial charge >= 0.3 is 0 Å². The van der Waals surface area contributed by atoms with Gasteiger partial charge in [-0.15, -0.1) is 0 Å². The number of nitrogens with two attached hydrogens (primary N) is 1. The Bertz CT molecular complexity index is 1610. The number of hydrogen-bond donors (Lipinski definition) is 2. The van der Waals surface area contributed by atoms with Crippen molar-refractivity contribution in [2.75, 3.05) is 36.5 Å². The molecule has 4 aromatic rings. The standard InChI is InChI=1S/C29H28ClFN6O2/c30-20-6-1-4-17-13-24(37(26(17)20)16-23-21(31)7-2-8-33-23)28-34-22-12-18(14-25-27(22)36(28)10-11-39-25)29(38)35-9-3-5-19(32)15-35/h1-2,4,6-8,12-14,19,28,34H,3,5,9-11,15-16,32H2/t19?,28-/m1/s1. The summed E-state index contributed by atoms with van der Waals surface area (Å²) in [6.07, 6.45) is 3.16. The second kappa shape index (κ2) is 9.43. The Morgan fingerprint density at radius 2 is 2.10 bits per heavy atom. The Kier molecular flexibility index (Phi) is 5.86. The van der Waals surface area contributed by atoms with Crippen LogP contribution in [-0.2, 0) is 6.54 Å². The fraction of sp³-hybridized carbons (Fsp3) is 0.310. The number of likely N-dealkylation sites (tertiary alicyclic amines) is 1. The highest BCUT2D eigenvalue weighted by Crippen LogP contribution is 2.50. The molecule has 1 saturated heterocycles. The highest BCUT2D eigenvalue weighted by Gasteiger charge is 2.38. The number of ether oxygens (including phenoxy) is 1. The van der Waals surface area contributed by atoms with Crippen molar-refractivity contribution in [3.63, 3.8) is 0 Å². The molecule has 3 N–H and O–H groups in total. The van der Waals surface area contributed by atoms with Gasteiger partial charge in [0.25, 0.3) is 5.91 Å². The Hall–Kier alpha value is -3.82. The largest absolute Gasteiger partial charge is 0.489 e. The second-order valence-corrected chi connectivity index (χ2v) is 10.8. The zero-order valence-corrected chi connectivity index (χ0v) is 22.0. The van der Waals surface area contributed by atoms with Crippen molar-refractivity contribution in [3.8, 4) is 5.75 Å². The third-order valence-electron chi connectivity index (χ3n) is 7.87. The molecule has 2 aromatic carbocycles. The lowest BCUT2D eigenvalue weighted by Crippen LogP contribution is -2.45. The normalized spacial score (nSPS) is 20.1. The maximum Gasteiger partial charge on any atom is 0.254 e. The van der Waals surface area contributed by atoms with Gasteiger partial charge in [-0.2, -0.15) is 0 Å². The molecule has 0 radical (unpaired) electrons. The van der Waals surface area contributed by atoms with Gasteiger partial charge < -0.3 is 30.2 Å². The van der Waals surface area contributed by atoms with E-state index in [1.54, 1.807) is 12.3 Å². The average Bonchev–Trinajstić information content (AvgIpc) is 3.49. The van der Waals surface area contributed by atoms with Crippen molar-refractivity contribution in [2.24, 2.45) is 5.73 Å². The maximum absolute atomic E-state index is 14.7. The second-order valence-electron chi connectivity index (χ2n) is 10.4. The molecule has 0 spiro atoms. The maximum atomic E-state index is 14.7. The third-order valence-corrected chi connectivity index (χ3v) is 8.18. The summed E-state index contributed by atoms with van der Waals surface area (Å²) in [6.45, 7) is 2.61. The topological polar surface area (TPSA) is 88.7 Å². The minimum atomic E-state index is -0.366. The summed E-state index contributed by atoms with van der Waals surface area (Å²) in [5.74, 6) is 0.269. The van der Waals surface area contributed by atoms with E-state index in [9.17, 15) is 9.18 Å². The van der Waals surface area contributed by atoms with E-state index >= 15 is 0 Å². The fourth-order valence-electron chi connectivity index (χ4n) is 6.09. The first kappa shape index (κ1) is 24.2. The molecule has 7 rings (SSSR count). The minimum Gasteiger partial charge on any atom is -0.489 e. The molecule has 0 aliphatic carbocycles. The summed E-state index contributed by atoms with van der Waals surface area (Å²) in [6, 6.07) is 14.6. The molecule has 0 bridgehead atoms. The number of hydrogen-bond acceptors (Lipinski definition) is 6. The van der Waals surface area contributed by atoms with E-state index in [1.165, 1.54) is 6.07 Å². The molecule has 1 amide bonds. The lowest BCUT2D eigenvalue weighted by molar-refractivity contribution is 0.0708. The van der Waals surface area contributed by atoms with Crippen LogP contribution < -0.4 is 20.7 Å². The third kappa shape index (κ3) is 4.08. The number of benzene rings is 2. The van der Waals surface area contributed by atoms with Gasteiger partial charge in [-0.05, 0) is 49.2 Å². The van der Waals surface area contributed by atoms with Crippen LogP contribution in [0, 0.1) is 5.82 Å². The van der Waals surface area contributed by atoms with E-state index in [2.05, 4.69) is 21.3 Å². The first-order chi connectivity index (χ1) is 19.0. The molecular formula is C29H28ClFN6O2. The Balaban J connectivity index is 1.30. The number of piperidine rings is 1. The first-order valence-corrected chi connectivity index (χ1v) is 13.6. The monoisotopic (exact) mass is 546 g/mol. The first-order valence-electron chi connectivity index (χ1n) is 13.2. The summed E-state index contributed by atoms with van der Waals surface area (Å²) in [4.78, 5) is 21.8. The number of nitrogens with one attached hydrogen (secondary N) is 1. The van der Waals surface area contributed by atoms with Crippen LogP contribution in [-0.4, -0.2) is 52.6 Å². The van der Waals surface area contributed by atoms with Crippen molar-refractivity contribution in [3.05, 3.63) is 82.5 Å². The molecule has 39 heavy (non-hydrogen) atoms. The molecule has 8 nitrogen and oxygen atoms in total. The zero-order chi connectivity index (χ0) is 26.7. The Labute approximate surface area is 230 Å². The number of carbonyl (C=O) groups excluding carboxylic acids is 1. The van der Waals surface area contributed by atoms with Crippen LogP contribution >= 0.6 is 11.6 Å². The lowest BCUT2D eigenvalue weighted by Gasteiger charge is -2.33. The number of aromatic nitrogens is 2. The molecule has 200 valence electrons. The van der Waals surface area contributed by atoms with Crippen LogP contribution in [0.25, 0.3) is 10.9 Å². The lowest BCUT2D eigenvalue weighted by atomic mass is 10.0.